The van der Waals surface area contributed by atoms with E-state index in [2.05, 4.69) is 67.0 Å². The minimum atomic E-state index is 0.623. The van der Waals surface area contributed by atoms with E-state index in [1.807, 2.05) is 0 Å². The van der Waals surface area contributed by atoms with E-state index >= 15 is 0 Å². The lowest BCUT2D eigenvalue weighted by Gasteiger charge is -2.19. The van der Waals surface area contributed by atoms with Gasteiger partial charge in [-0.1, -0.05) is 48.9 Å². The van der Waals surface area contributed by atoms with Crippen molar-refractivity contribution in [2.45, 2.75) is 31.7 Å². The monoisotopic (exact) mass is 295 g/mol. The van der Waals surface area contributed by atoms with Crippen LogP contribution in [-0.4, -0.2) is 19.7 Å². The minimum absolute atomic E-state index is 0.623. The molecule has 2 heteroatoms. The molecule has 0 aromatic heterocycles. The fourth-order valence-corrected chi connectivity index (χ4v) is 3.35. The van der Waals surface area contributed by atoms with Gasteiger partial charge in [-0.3, -0.25) is 0 Å². The summed E-state index contributed by atoms with van der Waals surface area (Å²) in [7, 11) is 2.06. The Bertz CT molecular complexity index is 564. The fraction of sp³-hybridized carbons (Fsp3) is 0.400. The number of hydrogen-bond donors (Lipinski definition) is 1. The smallest absolute Gasteiger partial charge is 0.119 e. The van der Waals surface area contributed by atoms with Gasteiger partial charge in [0, 0.05) is 12.0 Å². The van der Waals surface area contributed by atoms with E-state index < -0.39 is 0 Å². The fourth-order valence-electron chi connectivity index (χ4n) is 3.35. The molecule has 1 aliphatic carbocycles. The second-order valence-electron chi connectivity index (χ2n) is 6.20. The minimum Gasteiger partial charge on any atom is -0.493 e. The maximum Gasteiger partial charge on any atom is 0.119 e. The predicted molar refractivity (Wildman–Crippen MR) is 91.4 cm³/mol. The first-order valence-electron chi connectivity index (χ1n) is 8.28. The highest BCUT2D eigenvalue weighted by Crippen LogP contribution is 2.26. The van der Waals surface area contributed by atoms with Crippen LogP contribution in [0.5, 0.6) is 5.75 Å². The molecule has 2 aromatic rings. The first-order valence-corrected chi connectivity index (χ1v) is 8.28. The summed E-state index contributed by atoms with van der Waals surface area (Å²) in [6.07, 6.45) is 4.85. The third kappa shape index (κ3) is 3.89. The first-order chi connectivity index (χ1) is 10.8. The van der Waals surface area contributed by atoms with Gasteiger partial charge in [0.15, 0.2) is 0 Å². The molecule has 0 radical (unpaired) electrons. The molecule has 2 atom stereocenters. The van der Waals surface area contributed by atoms with Gasteiger partial charge in [-0.15, -0.1) is 0 Å². The molecule has 22 heavy (non-hydrogen) atoms. The zero-order valence-electron chi connectivity index (χ0n) is 13.3. The molecule has 1 fully saturated rings. The third-order valence-corrected chi connectivity index (χ3v) is 4.67. The van der Waals surface area contributed by atoms with Gasteiger partial charge in [0.2, 0.25) is 0 Å². The lowest BCUT2D eigenvalue weighted by atomic mass is 10.0. The summed E-state index contributed by atoms with van der Waals surface area (Å²) < 4.78 is 5.99. The Kier molecular flexibility index (Phi) is 5.12. The van der Waals surface area contributed by atoms with E-state index in [-0.39, 0.29) is 0 Å². The van der Waals surface area contributed by atoms with Crippen LogP contribution in [0.25, 0.3) is 0 Å². The van der Waals surface area contributed by atoms with Gasteiger partial charge in [0.1, 0.15) is 5.75 Å². The number of hydrogen-bond acceptors (Lipinski definition) is 2. The molecule has 0 amide bonds. The Morgan fingerprint density at radius 2 is 1.68 bits per heavy atom. The summed E-state index contributed by atoms with van der Waals surface area (Å²) in [5.41, 5.74) is 2.67. The molecule has 116 valence electrons. The van der Waals surface area contributed by atoms with Gasteiger partial charge in [0.05, 0.1) is 6.61 Å². The number of ether oxygens (including phenoxy) is 1. The quantitative estimate of drug-likeness (QED) is 0.868. The Balaban J connectivity index is 1.53. The third-order valence-electron chi connectivity index (χ3n) is 4.67. The molecule has 1 N–H and O–H groups in total. The van der Waals surface area contributed by atoms with Crippen LogP contribution >= 0.6 is 0 Å². The van der Waals surface area contributed by atoms with Crippen molar-refractivity contribution in [1.29, 1.82) is 0 Å². The molecule has 0 aliphatic heterocycles. The van der Waals surface area contributed by atoms with Gasteiger partial charge in [-0.25, -0.2) is 0 Å². The first kappa shape index (κ1) is 15.1. The summed E-state index contributed by atoms with van der Waals surface area (Å²) in [5.74, 6) is 1.63. The van der Waals surface area contributed by atoms with E-state index in [9.17, 15) is 0 Å². The van der Waals surface area contributed by atoms with Gasteiger partial charge < -0.3 is 10.1 Å². The van der Waals surface area contributed by atoms with E-state index in [0.717, 1.165) is 18.8 Å². The van der Waals surface area contributed by atoms with Crippen molar-refractivity contribution in [3.05, 3.63) is 65.7 Å². The second kappa shape index (κ2) is 7.46. The summed E-state index contributed by atoms with van der Waals surface area (Å²) >= 11 is 0. The van der Waals surface area contributed by atoms with Crippen LogP contribution in [0, 0.1) is 5.92 Å². The van der Waals surface area contributed by atoms with Crippen molar-refractivity contribution < 1.29 is 4.74 Å². The number of rotatable bonds is 6. The Labute approximate surface area is 133 Å². The van der Waals surface area contributed by atoms with Crippen LogP contribution in [0.3, 0.4) is 0 Å². The van der Waals surface area contributed by atoms with Gasteiger partial charge >= 0.3 is 0 Å². The summed E-state index contributed by atoms with van der Waals surface area (Å²) in [5, 5.41) is 3.41. The van der Waals surface area contributed by atoms with Crippen LogP contribution < -0.4 is 10.1 Å². The van der Waals surface area contributed by atoms with E-state index in [1.165, 1.54) is 30.4 Å². The molecule has 2 aromatic carbocycles. The summed E-state index contributed by atoms with van der Waals surface area (Å²) in [6.45, 7) is 0.823. The Hall–Kier alpha value is -1.80. The highest BCUT2D eigenvalue weighted by atomic mass is 16.5. The molecule has 1 aliphatic rings. The number of benzene rings is 2. The second-order valence-corrected chi connectivity index (χ2v) is 6.20. The van der Waals surface area contributed by atoms with Crippen molar-refractivity contribution in [3.63, 3.8) is 0 Å². The van der Waals surface area contributed by atoms with Gasteiger partial charge in [0.25, 0.3) is 0 Å². The zero-order valence-corrected chi connectivity index (χ0v) is 13.3. The largest absolute Gasteiger partial charge is 0.493 e. The average molecular weight is 295 g/mol. The molecule has 1 saturated carbocycles. The van der Waals surface area contributed by atoms with Crippen LogP contribution in [0.1, 0.15) is 30.4 Å². The molecule has 0 saturated heterocycles. The van der Waals surface area contributed by atoms with Crippen molar-refractivity contribution in [3.8, 4) is 5.75 Å². The van der Waals surface area contributed by atoms with Crippen LogP contribution in [0.4, 0.5) is 0 Å². The van der Waals surface area contributed by atoms with Crippen molar-refractivity contribution in [2.75, 3.05) is 13.7 Å². The topological polar surface area (TPSA) is 21.3 Å². The van der Waals surface area contributed by atoms with Crippen LogP contribution in [0.15, 0.2) is 54.6 Å². The van der Waals surface area contributed by atoms with E-state index in [4.69, 9.17) is 4.74 Å². The summed E-state index contributed by atoms with van der Waals surface area (Å²) in [4.78, 5) is 0. The normalized spacial score (nSPS) is 21.0. The van der Waals surface area contributed by atoms with Crippen LogP contribution in [0.2, 0.25) is 0 Å². The molecule has 2 nitrogen and oxygen atoms in total. The van der Waals surface area contributed by atoms with Crippen molar-refractivity contribution in [1.82, 2.24) is 5.32 Å². The standard InChI is InChI=1S/C20H25NO/c1-21-20-9-5-8-18(20)15-22-19-12-10-17(11-13-19)14-16-6-3-2-4-7-16/h2-4,6-7,10-13,18,20-21H,5,8-9,14-15H2,1H3/t18-,20-/m1/s1. The molecule has 0 bridgehead atoms. The molecule has 0 heterocycles. The van der Waals surface area contributed by atoms with Gasteiger partial charge in [-0.05, 0) is 49.6 Å². The number of nitrogens with one attached hydrogen (secondary N) is 1. The van der Waals surface area contributed by atoms with Gasteiger partial charge in [-0.2, -0.15) is 0 Å². The lowest BCUT2D eigenvalue weighted by molar-refractivity contribution is 0.229. The Morgan fingerprint density at radius 1 is 0.955 bits per heavy atom. The van der Waals surface area contributed by atoms with E-state index in [0.29, 0.717) is 12.0 Å². The molecular formula is C20H25NO. The molecule has 3 rings (SSSR count). The molecule has 0 spiro atoms. The highest BCUT2D eigenvalue weighted by molar-refractivity contribution is 5.31. The maximum absolute atomic E-state index is 5.99. The van der Waals surface area contributed by atoms with Crippen molar-refractivity contribution in [2.24, 2.45) is 5.92 Å². The zero-order chi connectivity index (χ0) is 15.2. The summed E-state index contributed by atoms with van der Waals surface area (Å²) in [6, 6.07) is 19.7. The molecule has 0 unspecified atom stereocenters. The average Bonchev–Trinajstić information content (AvgIpc) is 3.03. The Morgan fingerprint density at radius 3 is 2.41 bits per heavy atom. The molecular weight excluding hydrogens is 270 g/mol. The van der Waals surface area contributed by atoms with Crippen molar-refractivity contribution >= 4 is 0 Å². The highest BCUT2D eigenvalue weighted by Gasteiger charge is 2.26. The maximum atomic E-state index is 5.99. The van der Waals surface area contributed by atoms with E-state index in [1.54, 1.807) is 0 Å². The predicted octanol–water partition coefficient (Wildman–Crippen LogP) is 4.04. The lowest BCUT2D eigenvalue weighted by Crippen LogP contribution is -2.32. The van der Waals surface area contributed by atoms with Crippen LogP contribution in [-0.2, 0) is 6.42 Å². The SMILES string of the molecule is CN[C@@H]1CCC[C@@H]1COc1ccc(Cc2ccccc2)cc1.